The molecular formula is C23H24O11. The van der Waals surface area contributed by atoms with Gasteiger partial charge in [-0.2, -0.15) is 0 Å². The smallest absolute Gasteiger partial charge is 0.229 e. The summed E-state index contributed by atoms with van der Waals surface area (Å²) < 4.78 is 27.1. The Morgan fingerprint density at radius 3 is 2.29 bits per heavy atom. The minimum Gasteiger partial charge on any atom is -0.504 e. The van der Waals surface area contributed by atoms with E-state index in [0.29, 0.717) is 11.3 Å². The fraction of sp³-hybridized carbons (Fsp3) is 0.348. The molecule has 1 aromatic heterocycles. The van der Waals surface area contributed by atoms with Crippen LogP contribution in [0, 0.1) is 0 Å². The molecule has 0 bridgehead atoms. The van der Waals surface area contributed by atoms with Crippen molar-refractivity contribution < 1.29 is 48.9 Å². The first kappa shape index (κ1) is 23.8. The molecule has 1 fully saturated rings. The molecule has 0 amide bonds. The van der Waals surface area contributed by atoms with Gasteiger partial charge < -0.3 is 48.9 Å². The molecule has 11 heteroatoms. The molecule has 0 saturated carbocycles. The topological polar surface area (TPSA) is 168 Å². The average Bonchev–Trinajstić information content (AvgIpc) is 2.84. The summed E-state index contributed by atoms with van der Waals surface area (Å²) in [5.41, 5.74) is -0.00928. The largest absolute Gasteiger partial charge is 0.504 e. The molecule has 34 heavy (non-hydrogen) atoms. The summed E-state index contributed by atoms with van der Waals surface area (Å²) in [6.45, 7) is -0.648. The maximum Gasteiger partial charge on any atom is 0.229 e. The third kappa shape index (κ3) is 4.15. The van der Waals surface area contributed by atoms with E-state index < -0.39 is 48.5 Å². The van der Waals surface area contributed by atoms with Crippen LogP contribution in [0.4, 0.5) is 0 Å². The second-order valence-electron chi connectivity index (χ2n) is 7.65. The van der Waals surface area contributed by atoms with E-state index in [1.165, 1.54) is 26.4 Å². The van der Waals surface area contributed by atoms with Gasteiger partial charge in [0, 0.05) is 17.7 Å². The average molecular weight is 476 g/mol. The summed E-state index contributed by atoms with van der Waals surface area (Å²) in [5, 5.41) is 50.2. The normalized spacial score (nSPS) is 24.7. The zero-order valence-corrected chi connectivity index (χ0v) is 18.2. The SMILES string of the molecule is COc1ccc(-c2cc(=O)c3c(O)c(OC)c(O[C@H]4O[C@@H](CO)[C@H](O)[C@@H](O)[C@@H]4O)cc3o2)cc1. The summed E-state index contributed by atoms with van der Waals surface area (Å²) in [6, 6.07) is 9.26. The first-order chi connectivity index (χ1) is 16.3. The molecule has 4 rings (SSSR count). The monoisotopic (exact) mass is 476 g/mol. The van der Waals surface area contributed by atoms with Crippen LogP contribution in [0.15, 0.2) is 45.6 Å². The summed E-state index contributed by atoms with van der Waals surface area (Å²) >= 11 is 0. The Hall–Kier alpha value is -3.35. The number of ether oxygens (including phenoxy) is 4. The first-order valence-electron chi connectivity index (χ1n) is 10.3. The summed E-state index contributed by atoms with van der Waals surface area (Å²) in [5.74, 6) is -0.150. The molecule has 3 aromatic rings. The third-order valence-electron chi connectivity index (χ3n) is 5.58. The van der Waals surface area contributed by atoms with E-state index >= 15 is 0 Å². The van der Waals surface area contributed by atoms with E-state index in [0.717, 1.165) is 0 Å². The molecule has 11 nitrogen and oxygen atoms in total. The number of aromatic hydroxyl groups is 1. The van der Waals surface area contributed by atoms with Gasteiger partial charge in [0.1, 0.15) is 46.9 Å². The number of aliphatic hydroxyl groups excluding tert-OH is 4. The van der Waals surface area contributed by atoms with Gasteiger partial charge in [-0.05, 0) is 24.3 Å². The zero-order valence-electron chi connectivity index (χ0n) is 18.2. The van der Waals surface area contributed by atoms with Gasteiger partial charge in [-0.25, -0.2) is 0 Å². The van der Waals surface area contributed by atoms with E-state index in [4.69, 9.17) is 23.4 Å². The van der Waals surface area contributed by atoms with Gasteiger partial charge in [0.15, 0.2) is 16.9 Å². The van der Waals surface area contributed by atoms with Crippen molar-refractivity contribution in [2.24, 2.45) is 0 Å². The standard InChI is InChI=1S/C23H24O11/c1-30-11-5-3-10(4-6-11)13-7-12(25)17-14(32-13)8-15(22(31-2)19(17)27)33-23-21(29)20(28)18(26)16(9-24)34-23/h3-8,16,18,20-21,23-24,26-29H,9H2,1-2H3/t16-,18-,20+,21-,23-/m0/s1. The Morgan fingerprint density at radius 1 is 0.971 bits per heavy atom. The lowest BCUT2D eigenvalue weighted by Gasteiger charge is -2.39. The van der Waals surface area contributed by atoms with E-state index in [9.17, 15) is 30.3 Å². The molecule has 2 heterocycles. The van der Waals surface area contributed by atoms with Crippen molar-refractivity contribution in [3.05, 3.63) is 46.6 Å². The van der Waals surface area contributed by atoms with Crippen LogP contribution in [0.1, 0.15) is 0 Å². The summed E-state index contributed by atoms with van der Waals surface area (Å²) in [6.07, 6.45) is -7.69. The Kier molecular flexibility index (Phi) is 6.64. The number of phenols is 1. The van der Waals surface area contributed by atoms with Gasteiger partial charge in [0.2, 0.25) is 12.0 Å². The molecule has 0 unspecified atom stereocenters. The molecule has 5 atom stereocenters. The summed E-state index contributed by atoms with van der Waals surface area (Å²) in [7, 11) is 2.76. The highest BCUT2D eigenvalue weighted by Crippen LogP contribution is 2.43. The number of fused-ring (bicyclic) bond motifs is 1. The van der Waals surface area contributed by atoms with E-state index in [1.54, 1.807) is 24.3 Å². The van der Waals surface area contributed by atoms with Crippen LogP contribution in [0.3, 0.4) is 0 Å². The quantitative estimate of drug-likeness (QED) is 0.333. The molecule has 1 aliphatic rings. The molecule has 0 radical (unpaired) electrons. The molecule has 5 N–H and O–H groups in total. The van der Waals surface area contributed by atoms with Gasteiger partial charge in [-0.3, -0.25) is 4.79 Å². The highest BCUT2D eigenvalue weighted by Gasteiger charge is 2.45. The molecule has 1 saturated heterocycles. The Balaban J connectivity index is 1.78. The maximum absolute atomic E-state index is 12.8. The Bertz CT molecular complexity index is 1220. The number of hydrogen-bond acceptors (Lipinski definition) is 11. The lowest BCUT2D eigenvalue weighted by molar-refractivity contribution is -0.277. The fourth-order valence-electron chi connectivity index (χ4n) is 3.73. The third-order valence-corrected chi connectivity index (χ3v) is 5.58. The van der Waals surface area contributed by atoms with Crippen molar-refractivity contribution in [1.82, 2.24) is 0 Å². The lowest BCUT2D eigenvalue weighted by Crippen LogP contribution is -2.60. The first-order valence-corrected chi connectivity index (χ1v) is 10.3. The number of aliphatic hydroxyl groups is 4. The molecule has 1 aliphatic heterocycles. The number of rotatable bonds is 6. The number of phenolic OH excluding ortho intramolecular Hbond substituents is 1. The second kappa shape index (κ2) is 9.49. The Labute approximate surface area is 192 Å². The minimum atomic E-state index is -1.70. The van der Waals surface area contributed by atoms with Gasteiger partial charge >= 0.3 is 0 Å². The van der Waals surface area contributed by atoms with Crippen LogP contribution < -0.4 is 19.6 Å². The van der Waals surface area contributed by atoms with E-state index in [1.807, 2.05) is 0 Å². The number of methoxy groups -OCH3 is 2. The number of benzene rings is 2. The number of hydrogen-bond donors (Lipinski definition) is 5. The summed E-state index contributed by atoms with van der Waals surface area (Å²) in [4.78, 5) is 12.8. The van der Waals surface area contributed by atoms with Gasteiger partial charge in [0.05, 0.1) is 20.8 Å². The van der Waals surface area contributed by atoms with Crippen molar-refractivity contribution in [2.75, 3.05) is 20.8 Å². The van der Waals surface area contributed by atoms with Crippen LogP contribution in [0.5, 0.6) is 23.0 Å². The van der Waals surface area contributed by atoms with E-state index in [2.05, 4.69) is 0 Å². The van der Waals surface area contributed by atoms with Crippen LogP contribution >= 0.6 is 0 Å². The Morgan fingerprint density at radius 2 is 1.68 bits per heavy atom. The van der Waals surface area contributed by atoms with Crippen molar-refractivity contribution in [3.8, 4) is 34.3 Å². The van der Waals surface area contributed by atoms with Gasteiger partial charge in [-0.1, -0.05) is 0 Å². The lowest BCUT2D eigenvalue weighted by atomic mass is 9.99. The highest BCUT2D eigenvalue weighted by molar-refractivity contribution is 5.89. The molecule has 2 aromatic carbocycles. The highest BCUT2D eigenvalue weighted by atomic mass is 16.7. The minimum absolute atomic E-state index is 0.0452. The zero-order chi connectivity index (χ0) is 24.6. The molecule has 0 spiro atoms. The second-order valence-corrected chi connectivity index (χ2v) is 7.65. The van der Waals surface area contributed by atoms with Gasteiger partial charge in [0.25, 0.3) is 0 Å². The predicted molar refractivity (Wildman–Crippen MR) is 117 cm³/mol. The van der Waals surface area contributed by atoms with Crippen LogP contribution in [-0.4, -0.2) is 77.1 Å². The molecular weight excluding hydrogens is 452 g/mol. The van der Waals surface area contributed by atoms with E-state index in [-0.39, 0.29) is 28.2 Å². The van der Waals surface area contributed by atoms with Crippen molar-refractivity contribution in [1.29, 1.82) is 0 Å². The fourth-order valence-corrected chi connectivity index (χ4v) is 3.73. The predicted octanol–water partition coefficient (Wildman–Crippen LogP) is 0.361. The van der Waals surface area contributed by atoms with Gasteiger partial charge in [-0.15, -0.1) is 0 Å². The maximum atomic E-state index is 12.8. The van der Waals surface area contributed by atoms with Crippen molar-refractivity contribution in [2.45, 2.75) is 30.7 Å². The van der Waals surface area contributed by atoms with Crippen molar-refractivity contribution in [3.63, 3.8) is 0 Å². The van der Waals surface area contributed by atoms with Crippen LogP contribution in [-0.2, 0) is 4.74 Å². The van der Waals surface area contributed by atoms with Crippen LogP contribution in [0.2, 0.25) is 0 Å². The van der Waals surface area contributed by atoms with Crippen molar-refractivity contribution >= 4 is 11.0 Å². The van der Waals surface area contributed by atoms with Crippen LogP contribution in [0.25, 0.3) is 22.3 Å². The molecule has 182 valence electrons. The molecule has 0 aliphatic carbocycles.